The molecule has 1 amide bonds. The van der Waals surface area contributed by atoms with E-state index < -0.39 is 11.6 Å². The first-order chi connectivity index (χ1) is 22.9. The summed E-state index contributed by atoms with van der Waals surface area (Å²) in [4.78, 5) is 22.5. The molecule has 10 nitrogen and oxygen atoms in total. The number of aliphatic hydroxyl groups excluding tert-OH is 1. The number of halogens is 2. The highest BCUT2D eigenvalue weighted by Crippen LogP contribution is 2.45. The zero-order chi connectivity index (χ0) is 33.1. The molecule has 3 N–H and O–H groups in total. The van der Waals surface area contributed by atoms with Crippen LogP contribution < -0.4 is 15.6 Å². The number of benzene rings is 4. The molecular weight excluding hydrogens is 684 g/mol. The van der Waals surface area contributed by atoms with Gasteiger partial charge in [-0.3, -0.25) is 10.2 Å². The van der Waals surface area contributed by atoms with Crippen LogP contribution in [-0.4, -0.2) is 42.2 Å². The van der Waals surface area contributed by atoms with Crippen molar-refractivity contribution in [3.05, 3.63) is 145 Å². The second-order valence-electron chi connectivity index (χ2n) is 10.9. The average molecular weight is 718 g/mol. The van der Waals surface area contributed by atoms with Gasteiger partial charge in [-0.15, -0.1) is 0 Å². The summed E-state index contributed by atoms with van der Waals surface area (Å²) in [6.45, 7) is 1.02. The monoisotopic (exact) mass is 716 g/mol. The van der Waals surface area contributed by atoms with Gasteiger partial charge < -0.3 is 14.6 Å². The number of nitrogens with one attached hydrogen (secondary N) is 2. The van der Waals surface area contributed by atoms with Gasteiger partial charge in [-0.2, -0.15) is 0 Å². The van der Waals surface area contributed by atoms with Gasteiger partial charge in [-0.1, -0.05) is 87.2 Å². The number of aliphatic hydroxyl groups is 1. The first kappa shape index (κ1) is 34.0. The molecule has 12 heteroatoms. The molecule has 4 aromatic carbocycles. The lowest BCUT2D eigenvalue weighted by Gasteiger charge is -2.32. The van der Waals surface area contributed by atoms with Crippen LogP contribution in [0.2, 0.25) is 5.02 Å². The minimum absolute atomic E-state index is 0.0469. The molecule has 1 aliphatic rings. The Morgan fingerprint density at radius 1 is 1.04 bits per heavy atom. The van der Waals surface area contributed by atoms with Crippen LogP contribution in [0.5, 0.6) is 5.75 Å². The maximum Gasteiger partial charge on any atom is 0.266 e. The van der Waals surface area contributed by atoms with Crippen molar-refractivity contribution in [2.45, 2.75) is 37.5 Å². The smallest absolute Gasteiger partial charge is 0.266 e. The molecular formula is C35H34BrClN6O4. The van der Waals surface area contributed by atoms with E-state index in [1.165, 1.54) is 0 Å². The molecule has 1 heterocycles. The topological polar surface area (TPSA) is 141 Å². The Balaban J connectivity index is 1.52. The van der Waals surface area contributed by atoms with E-state index in [0.29, 0.717) is 48.2 Å². The first-order valence-electron chi connectivity index (χ1n) is 15.1. The van der Waals surface area contributed by atoms with Crippen molar-refractivity contribution in [1.82, 2.24) is 10.9 Å². The lowest BCUT2D eigenvalue weighted by Crippen LogP contribution is -2.54. The standard InChI is InChI=1S/C35H34BrClN6O4/c36-31-9-4-3-8-30(31)32-35(22-26-6-1-2-7-27(26)23-40-43-38,34(45)42-39-19-18-24-10-14-28(37)15-11-24)41-33(47-32)25-12-16-29(17-13-25)46-21-5-20-44/h1-4,6-17,32,39,44H,5,18-23H2,(H,42,45)/t32-,35-/m0/s1. The molecule has 0 unspecified atom stereocenters. The summed E-state index contributed by atoms with van der Waals surface area (Å²) in [5, 5.41) is 13.5. The Hall–Kier alpha value is -4.38. The molecule has 1 aliphatic heterocycles. The summed E-state index contributed by atoms with van der Waals surface area (Å²) in [6.07, 6.45) is 0.522. The third-order valence-corrected chi connectivity index (χ3v) is 8.73. The van der Waals surface area contributed by atoms with Crippen molar-refractivity contribution in [3.63, 3.8) is 0 Å². The molecule has 0 bridgehead atoms. The Morgan fingerprint density at radius 3 is 2.49 bits per heavy atom. The molecule has 0 aliphatic carbocycles. The largest absolute Gasteiger partial charge is 0.494 e. The molecule has 2 atom stereocenters. The van der Waals surface area contributed by atoms with Gasteiger partial charge in [0.2, 0.25) is 5.90 Å². The zero-order valence-electron chi connectivity index (χ0n) is 25.5. The van der Waals surface area contributed by atoms with Crippen molar-refractivity contribution in [2.24, 2.45) is 10.1 Å². The van der Waals surface area contributed by atoms with E-state index in [0.717, 1.165) is 26.7 Å². The molecule has 242 valence electrons. The molecule has 0 saturated heterocycles. The highest BCUT2D eigenvalue weighted by atomic mass is 79.9. The summed E-state index contributed by atoms with van der Waals surface area (Å²) in [6, 6.07) is 30.0. The summed E-state index contributed by atoms with van der Waals surface area (Å²) in [5.74, 6) is 0.562. The molecule has 0 aromatic heterocycles. The minimum Gasteiger partial charge on any atom is -0.494 e. The van der Waals surface area contributed by atoms with Crippen LogP contribution in [0.4, 0.5) is 0 Å². The van der Waals surface area contributed by atoms with Gasteiger partial charge in [0.25, 0.3) is 5.91 Å². The summed E-state index contributed by atoms with van der Waals surface area (Å²) in [5.41, 5.74) is 17.6. The summed E-state index contributed by atoms with van der Waals surface area (Å²) in [7, 11) is 0. The van der Waals surface area contributed by atoms with Crippen LogP contribution in [0.3, 0.4) is 0 Å². The van der Waals surface area contributed by atoms with Gasteiger partial charge in [-0.25, -0.2) is 10.4 Å². The maximum atomic E-state index is 14.5. The normalized spacial score (nSPS) is 16.9. The van der Waals surface area contributed by atoms with E-state index in [1.54, 1.807) is 12.1 Å². The Bertz CT molecular complexity index is 1750. The first-order valence-corrected chi connectivity index (χ1v) is 16.3. The van der Waals surface area contributed by atoms with Crippen molar-refractivity contribution in [3.8, 4) is 5.75 Å². The average Bonchev–Trinajstić information content (AvgIpc) is 3.47. The Labute approximate surface area is 286 Å². The maximum absolute atomic E-state index is 14.5. The molecule has 0 fully saturated rings. The summed E-state index contributed by atoms with van der Waals surface area (Å²) >= 11 is 9.71. The number of aliphatic imine (C=N–C) groups is 1. The second-order valence-corrected chi connectivity index (χ2v) is 12.2. The number of nitrogens with zero attached hydrogens (tertiary/aromatic N) is 4. The van der Waals surface area contributed by atoms with E-state index in [9.17, 15) is 4.79 Å². The highest BCUT2D eigenvalue weighted by molar-refractivity contribution is 9.10. The quantitative estimate of drug-likeness (QED) is 0.0398. The van der Waals surface area contributed by atoms with Crippen molar-refractivity contribution >= 4 is 39.3 Å². The van der Waals surface area contributed by atoms with E-state index in [4.69, 9.17) is 36.7 Å². The van der Waals surface area contributed by atoms with Gasteiger partial charge in [-0.05, 0) is 71.1 Å². The number of carbonyl (C=O) groups excluding carboxylic acids is 1. The number of amides is 1. The SMILES string of the molecule is [N-]=[N+]=NCc1ccccc1C[C@]1(C(=O)NNCCc2ccc(Cl)cc2)N=C(c2ccc(OCCCO)cc2)O[C@H]1c1ccccc1Br. The van der Waals surface area contributed by atoms with Gasteiger partial charge in [0, 0.05) is 51.5 Å². The highest BCUT2D eigenvalue weighted by Gasteiger charge is 2.54. The lowest BCUT2D eigenvalue weighted by atomic mass is 9.81. The Kier molecular flexibility index (Phi) is 11.9. The molecule has 4 aromatic rings. The Morgan fingerprint density at radius 2 is 1.77 bits per heavy atom. The zero-order valence-corrected chi connectivity index (χ0v) is 27.8. The number of azide groups is 1. The van der Waals surface area contributed by atoms with Crippen molar-refractivity contribution in [1.29, 1.82) is 0 Å². The molecule has 0 saturated carbocycles. The summed E-state index contributed by atoms with van der Waals surface area (Å²) < 4.78 is 13.1. The van der Waals surface area contributed by atoms with Gasteiger partial charge in [0.15, 0.2) is 11.6 Å². The number of ether oxygens (including phenoxy) is 2. The van der Waals surface area contributed by atoms with Crippen molar-refractivity contribution in [2.75, 3.05) is 19.8 Å². The molecule has 0 spiro atoms. The van der Waals surface area contributed by atoms with E-state index in [-0.39, 0.29) is 25.5 Å². The number of carbonyl (C=O) groups is 1. The number of hydrogen-bond acceptors (Lipinski definition) is 7. The molecule has 0 radical (unpaired) electrons. The fourth-order valence-corrected chi connectivity index (χ4v) is 5.96. The molecule has 47 heavy (non-hydrogen) atoms. The number of hydrogen-bond donors (Lipinski definition) is 3. The van der Waals surface area contributed by atoms with Crippen molar-refractivity contribution < 1.29 is 19.4 Å². The number of hydrazine groups is 1. The van der Waals surface area contributed by atoms with Crippen LogP contribution in [-0.2, 0) is 28.9 Å². The third kappa shape index (κ3) is 8.51. The predicted octanol–water partition coefficient (Wildman–Crippen LogP) is 7.04. The van der Waals surface area contributed by atoms with Crippen LogP contribution in [0.15, 0.2) is 112 Å². The molecule has 5 rings (SSSR count). The van der Waals surface area contributed by atoms with Crippen LogP contribution >= 0.6 is 27.5 Å². The fourth-order valence-electron chi connectivity index (χ4n) is 5.34. The lowest BCUT2D eigenvalue weighted by molar-refractivity contribution is -0.130. The number of rotatable bonds is 15. The minimum atomic E-state index is -1.46. The van der Waals surface area contributed by atoms with E-state index in [2.05, 4.69) is 36.8 Å². The van der Waals surface area contributed by atoms with Crippen LogP contribution in [0, 0.1) is 0 Å². The predicted molar refractivity (Wildman–Crippen MR) is 185 cm³/mol. The van der Waals surface area contributed by atoms with E-state index in [1.807, 2.05) is 84.9 Å². The van der Waals surface area contributed by atoms with Gasteiger partial charge in [0.05, 0.1) is 13.2 Å². The second kappa shape index (κ2) is 16.4. The van der Waals surface area contributed by atoms with Crippen LogP contribution in [0.25, 0.3) is 10.4 Å². The van der Waals surface area contributed by atoms with Crippen LogP contribution in [0.1, 0.15) is 40.3 Å². The third-order valence-electron chi connectivity index (χ3n) is 7.75. The van der Waals surface area contributed by atoms with E-state index >= 15 is 0 Å². The van der Waals surface area contributed by atoms with Gasteiger partial charge >= 0.3 is 0 Å². The van der Waals surface area contributed by atoms with Gasteiger partial charge in [0.1, 0.15) is 5.75 Å². The fraction of sp³-hybridized carbons (Fsp3) is 0.257.